The summed E-state index contributed by atoms with van der Waals surface area (Å²) >= 11 is 0. The van der Waals surface area contributed by atoms with Crippen LogP contribution in [0.25, 0.3) is 5.65 Å². The summed E-state index contributed by atoms with van der Waals surface area (Å²) in [5.41, 5.74) is 3.00. The lowest BCUT2D eigenvalue weighted by molar-refractivity contribution is -0.119. The fourth-order valence-corrected chi connectivity index (χ4v) is 3.54. The number of anilines is 2. The van der Waals surface area contributed by atoms with Crippen molar-refractivity contribution in [1.29, 1.82) is 0 Å². The van der Waals surface area contributed by atoms with Gasteiger partial charge in [-0.3, -0.25) is 4.79 Å². The number of nitrogens with zero attached hydrogens (tertiary/aromatic N) is 4. The van der Waals surface area contributed by atoms with E-state index in [1.54, 1.807) is 25.4 Å². The number of ether oxygens (including phenoxy) is 1. The van der Waals surface area contributed by atoms with Gasteiger partial charge in [0.15, 0.2) is 12.3 Å². The zero-order valence-electron chi connectivity index (χ0n) is 16.3. The second kappa shape index (κ2) is 8.30. The van der Waals surface area contributed by atoms with Crippen molar-refractivity contribution in [1.82, 2.24) is 14.6 Å². The molecule has 1 fully saturated rings. The van der Waals surface area contributed by atoms with E-state index in [2.05, 4.69) is 20.3 Å². The van der Waals surface area contributed by atoms with Gasteiger partial charge in [0.1, 0.15) is 5.56 Å². The van der Waals surface area contributed by atoms with E-state index in [0.717, 1.165) is 18.8 Å². The molecule has 0 saturated carbocycles. The van der Waals surface area contributed by atoms with Crippen molar-refractivity contribution in [3.8, 4) is 0 Å². The van der Waals surface area contributed by atoms with Crippen LogP contribution in [0.15, 0.2) is 42.7 Å². The topological polar surface area (TPSA) is 88.8 Å². The summed E-state index contributed by atoms with van der Waals surface area (Å²) < 4.78 is 6.69. The van der Waals surface area contributed by atoms with Crippen molar-refractivity contribution in [3.05, 3.63) is 54.0 Å². The number of benzene rings is 1. The fourth-order valence-electron chi connectivity index (χ4n) is 3.54. The Kier molecular flexibility index (Phi) is 5.41. The molecule has 2 aromatic heterocycles. The molecule has 0 radical (unpaired) electrons. The van der Waals surface area contributed by atoms with E-state index in [1.165, 1.54) is 23.8 Å². The molecule has 0 bridgehead atoms. The molecule has 0 spiro atoms. The molecule has 150 valence electrons. The van der Waals surface area contributed by atoms with Crippen LogP contribution in [0.4, 0.5) is 11.4 Å². The Hall–Kier alpha value is -3.42. The van der Waals surface area contributed by atoms with Gasteiger partial charge in [-0.2, -0.15) is 5.10 Å². The van der Waals surface area contributed by atoms with Crippen LogP contribution < -0.4 is 10.2 Å². The minimum Gasteiger partial charge on any atom is -0.452 e. The molecule has 29 heavy (non-hydrogen) atoms. The van der Waals surface area contributed by atoms with Gasteiger partial charge in [-0.1, -0.05) is 0 Å². The van der Waals surface area contributed by atoms with Crippen LogP contribution in [0, 0.1) is 6.92 Å². The molecule has 0 aliphatic carbocycles. The van der Waals surface area contributed by atoms with E-state index < -0.39 is 11.9 Å². The number of hydrogen-bond donors (Lipinski definition) is 1. The summed E-state index contributed by atoms with van der Waals surface area (Å²) in [4.78, 5) is 31.1. The second-order valence-corrected chi connectivity index (χ2v) is 7.07. The molecule has 1 amide bonds. The molecule has 1 aromatic carbocycles. The summed E-state index contributed by atoms with van der Waals surface area (Å²) in [7, 11) is 0. The average molecular weight is 393 g/mol. The number of esters is 1. The molecule has 0 atom stereocenters. The number of hydrogen-bond acceptors (Lipinski definition) is 6. The lowest BCUT2D eigenvalue weighted by Gasteiger charge is -2.28. The number of aryl methyl sites for hydroxylation is 1. The van der Waals surface area contributed by atoms with E-state index in [0.29, 0.717) is 17.0 Å². The maximum absolute atomic E-state index is 12.4. The second-order valence-electron chi connectivity index (χ2n) is 7.07. The maximum atomic E-state index is 12.4. The van der Waals surface area contributed by atoms with Crippen molar-refractivity contribution >= 4 is 28.9 Å². The van der Waals surface area contributed by atoms with E-state index >= 15 is 0 Å². The Morgan fingerprint density at radius 1 is 1.14 bits per heavy atom. The molecule has 3 aromatic rings. The SMILES string of the molecule is Cc1nn2cccnc2c1C(=O)OCC(=O)Nc1ccc(N2CCCCC2)cc1. The number of carbonyl (C=O) groups is 2. The molecule has 0 unspecified atom stereocenters. The highest BCUT2D eigenvalue weighted by Gasteiger charge is 2.20. The first kappa shape index (κ1) is 18.9. The summed E-state index contributed by atoms with van der Waals surface area (Å²) in [6.45, 7) is 3.46. The molecule has 1 N–H and O–H groups in total. The first-order valence-corrected chi connectivity index (χ1v) is 9.74. The van der Waals surface area contributed by atoms with Gasteiger partial charge < -0.3 is 15.0 Å². The minimum atomic E-state index is -0.619. The van der Waals surface area contributed by atoms with Gasteiger partial charge in [-0.05, 0) is 56.5 Å². The summed E-state index contributed by atoms with van der Waals surface area (Å²) in [5, 5.41) is 6.98. The van der Waals surface area contributed by atoms with Gasteiger partial charge in [-0.15, -0.1) is 0 Å². The first-order chi connectivity index (χ1) is 14.1. The molecule has 3 heterocycles. The first-order valence-electron chi connectivity index (χ1n) is 9.74. The Balaban J connectivity index is 1.34. The minimum absolute atomic E-state index is 0.268. The van der Waals surface area contributed by atoms with Crippen molar-refractivity contribution in [3.63, 3.8) is 0 Å². The lowest BCUT2D eigenvalue weighted by Crippen LogP contribution is -2.29. The monoisotopic (exact) mass is 393 g/mol. The van der Waals surface area contributed by atoms with E-state index in [-0.39, 0.29) is 12.2 Å². The molecular formula is C21H23N5O3. The van der Waals surface area contributed by atoms with Gasteiger partial charge in [0, 0.05) is 36.9 Å². The van der Waals surface area contributed by atoms with Crippen molar-refractivity contribution in [2.24, 2.45) is 0 Å². The molecule has 4 rings (SSSR count). The predicted octanol–water partition coefficient (Wildman–Crippen LogP) is 2.82. The van der Waals surface area contributed by atoms with E-state index in [4.69, 9.17) is 4.74 Å². The van der Waals surface area contributed by atoms with Gasteiger partial charge >= 0.3 is 5.97 Å². The molecule has 1 aliphatic rings. The smallest absolute Gasteiger partial charge is 0.344 e. The number of aromatic nitrogens is 3. The molecule has 1 saturated heterocycles. The largest absolute Gasteiger partial charge is 0.452 e. The Morgan fingerprint density at radius 2 is 1.90 bits per heavy atom. The fraction of sp³-hybridized carbons (Fsp3) is 0.333. The Bertz CT molecular complexity index is 1020. The van der Waals surface area contributed by atoms with Crippen molar-refractivity contribution in [2.45, 2.75) is 26.2 Å². The average Bonchev–Trinajstić information content (AvgIpc) is 3.09. The highest BCUT2D eigenvalue weighted by Crippen LogP contribution is 2.22. The van der Waals surface area contributed by atoms with Crippen LogP contribution in [0.2, 0.25) is 0 Å². The van der Waals surface area contributed by atoms with Crippen LogP contribution in [0.3, 0.4) is 0 Å². The van der Waals surface area contributed by atoms with Crippen LogP contribution >= 0.6 is 0 Å². The van der Waals surface area contributed by atoms with Crippen LogP contribution in [-0.2, 0) is 9.53 Å². The highest BCUT2D eigenvalue weighted by atomic mass is 16.5. The predicted molar refractivity (Wildman–Crippen MR) is 109 cm³/mol. The van der Waals surface area contributed by atoms with Gasteiger partial charge in [0.2, 0.25) is 0 Å². The highest BCUT2D eigenvalue weighted by molar-refractivity contribution is 5.99. The van der Waals surface area contributed by atoms with Crippen LogP contribution in [-0.4, -0.2) is 46.2 Å². The number of fused-ring (bicyclic) bond motifs is 1. The van der Waals surface area contributed by atoms with E-state index in [1.807, 2.05) is 24.3 Å². The standard InChI is InChI=1S/C21H23N5O3/c1-15-19(20-22-10-5-13-26(20)24-15)21(28)29-14-18(27)23-16-6-8-17(9-7-16)25-11-3-2-4-12-25/h5-10,13H,2-4,11-12,14H2,1H3,(H,23,27). The third-order valence-electron chi connectivity index (χ3n) is 4.98. The quantitative estimate of drug-likeness (QED) is 0.671. The lowest BCUT2D eigenvalue weighted by atomic mass is 10.1. The number of nitrogens with one attached hydrogen (secondary N) is 1. The third kappa shape index (κ3) is 4.21. The van der Waals surface area contributed by atoms with Crippen LogP contribution in [0.5, 0.6) is 0 Å². The third-order valence-corrected chi connectivity index (χ3v) is 4.98. The summed E-state index contributed by atoms with van der Waals surface area (Å²) in [6.07, 6.45) is 6.99. The van der Waals surface area contributed by atoms with Gasteiger partial charge in [0.05, 0.1) is 5.69 Å². The molecule has 8 nitrogen and oxygen atoms in total. The van der Waals surface area contributed by atoms with Crippen molar-refractivity contribution in [2.75, 3.05) is 29.9 Å². The molecular weight excluding hydrogens is 370 g/mol. The van der Waals surface area contributed by atoms with Crippen molar-refractivity contribution < 1.29 is 14.3 Å². The zero-order chi connectivity index (χ0) is 20.2. The van der Waals surface area contributed by atoms with Gasteiger partial charge in [0.25, 0.3) is 5.91 Å². The maximum Gasteiger partial charge on any atom is 0.344 e. The summed E-state index contributed by atoms with van der Waals surface area (Å²) in [5.74, 6) is -1.02. The Morgan fingerprint density at radius 3 is 2.66 bits per heavy atom. The van der Waals surface area contributed by atoms with E-state index in [9.17, 15) is 9.59 Å². The zero-order valence-corrected chi connectivity index (χ0v) is 16.3. The van der Waals surface area contributed by atoms with Gasteiger partial charge in [-0.25, -0.2) is 14.3 Å². The number of piperidine rings is 1. The molecule has 1 aliphatic heterocycles. The summed E-state index contributed by atoms with van der Waals surface area (Å²) in [6, 6.07) is 9.45. The normalized spacial score (nSPS) is 14.0. The number of carbonyl (C=O) groups excluding carboxylic acids is 2. The molecule has 8 heteroatoms. The number of amides is 1. The van der Waals surface area contributed by atoms with Crippen LogP contribution in [0.1, 0.15) is 35.3 Å². The Labute approximate surface area is 168 Å². The number of rotatable bonds is 5.